The van der Waals surface area contributed by atoms with Crippen LogP contribution in [0.25, 0.3) is 0 Å². The summed E-state index contributed by atoms with van der Waals surface area (Å²) < 4.78 is 5.61. The fraction of sp³-hybridized carbons (Fsp3) is 0.625. The summed E-state index contributed by atoms with van der Waals surface area (Å²) in [7, 11) is 0. The first kappa shape index (κ1) is 11.3. The number of hydrogen-bond acceptors (Lipinski definition) is 1. The van der Waals surface area contributed by atoms with Crippen molar-refractivity contribution in [2.75, 3.05) is 13.2 Å². The fourth-order valence-electron chi connectivity index (χ4n) is 3.98. The van der Waals surface area contributed by atoms with E-state index in [1.807, 2.05) is 0 Å². The predicted octanol–water partition coefficient (Wildman–Crippen LogP) is 3.85. The molecular weight excluding hydrogens is 208 g/mol. The number of fused-ring (bicyclic) bond motifs is 2. The summed E-state index contributed by atoms with van der Waals surface area (Å²) in [5.74, 6) is 3.53. The molecule has 2 bridgehead atoms. The highest BCUT2D eigenvalue weighted by Crippen LogP contribution is 2.55. The molecule has 0 heterocycles. The number of hydrogen-bond donors (Lipinski definition) is 0. The van der Waals surface area contributed by atoms with E-state index in [0.717, 1.165) is 36.9 Å². The number of benzene rings is 1. The van der Waals surface area contributed by atoms with Gasteiger partial charge in [-0.05, 0) is 55.4 Å². The SMILES string of the molecule is CCOCC1CC2CC1CC2c1ccccc1. The van der Waals surface area contributed by atoms with Gasteiger partial charge in [-0.1, -0.05) is 30.3 Å². The molecule has 4 atom stereocenters. The third-order valence-electron chi connectivity index (χ3n) is 4.77. The summed E-state index contributed by atoms with van der Waals surface area (Å²) in [5, 5.41) is 0. The van der Waals surface area contributed by atoms with Gasteiger partial charge >= 0.3 is 0 Å². The van der Waals surface area contributed by atoms with Crippen molar-refractivity contribution in [3.8, 4) is 0 Å². The standard InChI is InChI=1S/C16H22O/c1-2-17-11-15-9-14-8-13(15)10-16(14)12-6-4-3-5-7-12/h3-7,13-16H,2,8-11H2,1H3. The first-order valence-corrected chi connectivity index (χ1v) is 7.01. The maximum absolute atomic E-state index is 5.61. The molecule has 2 fully saturated rings. The third-order valence-corrected chi connectivity index (χ3v) is 4.77. The van der Waals surface area contributed by atoms with Crippen LogP contribution in [0.3, 0.4) is 0 Å². The first-order valence-electron chi connectivity index (χ1n) is 7.01. The summed E-state index contributed by atoms with van der Waals surface area (Å²) in [5.41, 5.74) is 1.56. The van der Waals surface area contributed by atoms with E-state index in [-0.39, 0.29) is 0 Å². The third kappa shape index (κ3) is 2.13. The van der Waals surface area contributed by atoms with Crippen molar-refractivity contribution in [3.05, 3.63) is 35.9 Å². The molecule has 2 saturated carbocycles. The second-order valence-corrected chi connectivity index (χ2v) is 5.66. The molecule has 3 rings (SSSR count). The normalized spacial score (nSPS) is 35.4. The Morgan fingerprint density at radius 1 is 1.06 bits per heavy atom. The van der Waals surface area contributed by atoms with Crippen LogP contribution in [0.2, 0.25) is 0 Å². The maximum atomic E-state index is 5.61. The van der Waals surface area contributed by atoms with Crippen LogP contribution < -0.4 is 0 Å². The van der Waals surface area contributed by atoms with Gasteiger partial charge in [-0.2, -0.15) is 0 Å². The van der Waals surface area contributed by atoms with Crippen molar-refractivity contribution in [2.24, 2.45) is 17.8 Å². The highest BCUT2D eigenvalue weighted by Gasteiger charge is 2.45. The lowest BCUT2D eigenvalue weighted by molar-refractivity contribution is 0.0851. The average molecular weight is 230 g/mol. The van der Waals surface area contributed by atoms with Gasteiger partial charge in [0.25, 0.3) is 0 Å². The van der Waals surface area contributed by atoms with E-state index in [2.05, 4.69) is 37.3 Å². The first-order chi connectivity index (χ1) is 8.38. The summed E-state index contributed by atoms with van der Waals surface area (Å²) in [6, 6.07) is 11.1. The van der Waals surface area contributed by atoms with Crippen LogP contribution >= 0.6 is 0 Å². The largest absolute Gasteiger partial charge is 0.381 e. The number of rotatable bonds is 4. The molecule has 2 aliphatic carbocycles. The van der Waals surface area contributed by atoms with Gasteiger partial charge in [0.2, 0.25) is 0 Å². The topological polar surface area (TPSA) is 9.23 Å². The zero-order valence-electron chi connectivity index (χ0n) is 10.6. The van der Waals surface area contributed by atoms with E-state index in [1.165, 1.54) is 19.3 Å². The molecule has 4 unspecified atom stereocenters. The van der Waals surface area contributed by atoms with Crippen molar-refractivity contribution < 1.29 is 4.74 Å². The summed E-state index contributed by atoms with van der Waals surface area (Å²) in [6.45, 7) is 3.97. The Bertz CT molecular complexity index is 359. The van der Waals surface area contributed by atoms with Gasteiger partial charge in [0.05, 0.1) is 0 Å². The zero-order valence-corrected chi connectivity index (χ0v) is 10.6. The minimum Gasteiger partial charge on any atom is -0.381 e. The smallest absolute Gasteiger partial charge is 0.0496 e. The molecule has 92 valence electrons. The molecule has 1 aromatic rings. The monoisotopic (exact) mass is 230 g/mol. The molecule has 1 nitrogen and oxygen atoms in total. The molecule has 0 amide bonds. The Morgan fingerprint density at radius 3 is 2.53 bits per heavy atom. The zero-order chi connectivity index (χ0) is 11.7. The highest BCUT2D eigenvalue weighted by molar-refractivity contribution is 5.23. The van der Waals surface area contributed by atoms with Gasteiger partial charge in [0.15, 0.2) is 0 Å². The summed E-state index contributed by atoms with van der Waals surface area (Å²) in [4.78, 5) is 0. The minimum absolute atomic E-state index is 0.832. The van der Waals surface area contributed by atoms with E-state index in [4.69, 9.17) is 4.74 Å². The van der Waals surface area contributed by atoms with Crippen LogP contribution in [0, 0.1) is 17.8 Å². The van der Waals surface area contributed by atoms with Crippen molar-refractivity contribution >= 4 is 0 Å². The Hall–Kier alpha value is -0.820. The Morgan fingerprint density at radius 2 is 1.88 bits per heavy atom. The second-order valence-electron chi connectivity index (χ2n) is 5.66. The van der Waals surface area contributed by atoms with Crippen LogP contribution in [0.15, 0.2) is 30.3 Å². The van der Waals surface area contributed by atoms with Gasteiger partial charge in [-0.15, -0.1) is 0 Å². The van der Waals surface area contributed by atoms with Crippen LogP contribution in [0.4, 0.5) is 0 Å². The maximum Gasteiger partial charge on any atom is 0.0496 e. The average Bonchev–Trinajstić information content (AvgIpc) is 2.97. The van der Waals surface area contributed by atoms with E-state index in [1.54, 1.807) is 5.56 Å². The van der Waals surface area contributed by atoms with Crippen molar-refractivity contribution in [3.63, 3.8) is 0 Å². The number of ether oxygens (including phenoxy) is 1. The van der Waals surface area contributed by atoms with Gasteiger partial charge in [-0.3, -0.25) is 0 Å². The minimum atomic E-state index is 0.832. The van der Waals surface area contributed by atoms with Gasteiger partial charge in [0.1, 0.15) is 0 Å². The van der Waals surface area contributed by atoms with E-state index in [9.17, 15) is 0 Å². The Balaban J connectivity index is 1.64. The summed E-state index contributed by atoms with van der Waals surface area (Å²) in [6.07, 6.45) is 4.23. The second kappa shape index (κ2) is 4.81. The molecule has 2 aliphatic rings. The molecule has 0 aromatic heterocycles. The summed E-state index contributed by atoms with van der Waals surface area (Å²) >= 11 is 0. The van der Waals surface area contributed by atoms with Crippen LogP contribution in [0.1, 0.15) is 37.7 Å². The molecule has 1 heteroatoms. The van der Waals surface area contributed by atoms with Crippen LogP contribution in [0.5, 0.6) is 0 Å². The lowest BCUT2D eigenvalue weighted by Crippen LogP contribution is -2.20. The van der Waals surface area contributed by atoms with Crippen LogP contribution in [-0.2, 0) is 4.74 Å². The highest BCUT2D eigenvalue weighted by atomic mass is 16.5. The lowest BCUT2D eigenvalue weighted by Gasteiger charge is -2.28. The molecule has 0 aliphatic heterocycles. The van der Waals surface area contributed by atoms with Gasteiger partial charge in [0, 0.05) is 13.2 Å². The van der Waals surface area contributed by atoms with Crippen molar-refractivity contribution in [2.45, 2.75) is 32.1 Å². The van der Waals surface area contributed by atoms with E-state index >= 15 is 0 Å². The van der Waals surface area contributed by atoms with Gasteiger partial charge < -0.3 is 4.74 Å². The Kier molecular flexibility index (Phi) is 3.19. The van der Waals surface area contributed by atoms with Crippen LogP contribution in [-0.4, -0.2) is 13.2 Å². The van der Waals surface area contributed by atoms with Gasteiger partial charge in [-0.25, -0.2) is 0 Å². The molecule has 0 spiro atoms. The predicted molar refractivity (Wildman–Crippen MR) is 70.0 cm³/mol. The van der Waals surface area contributed by atoms with Crippen molar-refractivity contribution in [1.82, 2.24) is 0 Å². The molecule has 1 aromatic carbocycles. The van der Waals surface area contributed by atoms with E-state index < -0.39 is 0 Å². The fourth-order valence-corrected chi connectivity index (χ4v) is 3.98. The molecule has 17 heavy (non-hydrogen) atoms. The lowest BCUT2D eigenvalue weighted by atomic mass is 9.79. The van der Waals surface area contributed by atoms with E-state index in [0.29, 0.717) is 0 Å². The molecular formula is C16H22O. The quantitative estimate of drug-likeness (QED) is 0.763. The molecule has 0 saturated heterocycles. The van der Waals surface area contributed by atoms with Crippen molar-refractivity contribution in [1.29, 1.82) is 0 Å². The molecule has 0 radical (unpaired) electrons. The Labute approximate surface area is 104 Å². The molecule has 0 N–H and O–H groups in total.